The molecule has 0 aliphatic carbocycles. The first kappa shape index (κ1) is 10.4. The minimum Gasteiger partial charge on any atom is -0.467 e. The number of esters is 1. The zero-order valence-electron chi connectivity index (χ0n) is 7.64. The monoisotopic (exact) mass is 160 g/mol. The fourth-order valence-electron chi connectivity index (χ4n) is 0.662. The minimum absolute atomic E-state index is 0.328. The van der Waals surface area contributed by atoms with Crippen LogP contribution in [0.15, 0.2) is 0 Å². The summed E-state index contributed by atoms with van der Waals surface area (Å²) in [5.74, 6) is -0.328. The van der Waals surface area contributed by atoms with Crippen molar-refractivity contribution in [2.75, 3.05) is 13.7 Å². The average Bonchev–Trinajstić information content (AvgIpc) is 1.99. The molecule has 11 heavy (non-hydrogen) atoms. The van der Waals surface area contributed by atoms with Crippen LogP contribution < -0.4 is 0 Å². The lowest BCUT2D eigenvalue weighted by molar-refractivity contribution is -0.165. The second-order valence-corrected chi connectivity index (χ2v) is 2.85. The number of carbonyl (C=O) groups is 1. The molecule has 0 aromatic rings. The maximum atomic E-state index is 11.0. The van der Waals surface area contributed by atoms with Crippen LogP contribution in [0.25, 0.3) is 0 Å². The van der Waals surface area contributed by atoms with E-state index in [1.807, 2.05) is 6.92 Å². The summed E-state index contributed by atoms with van der Waals surface area (Å²) in [6.45, 7) is 5.98. The number of rotatable bonds is 4. The Labute approximate surface area is 67.7 Å². The van der Waals surface area contributed by atoms with E-state index >= 15 is 0 Å². The fraction of sp³-hybridized carbons (Fsp3) is 0.875. The van der Waals surface area contributed by atoms with Gasteiger partial charge in [0.1, 0.15) is 0 Å². The SMILES string of the molecule is CCCOC(C)(C)C(=O)OC. The first-order chi connectivity index (χ1) is 5.04. The summed E-state index contributed by atoms with van der Waals surface area (Å²) in [6.07, 6.45) is 0.903. The number of hydrogen-bond acceptors (Lipinski definition) is 3. The van der Waals surface area contributed by atoms with Gasteiger partial charge < -0.3 is 9.47 Å². The highest BCUT2D eigenvalue weighted by molar-refractivity contribution is 5.78. The molecular weight excluding hydrogens is 144 g/mol. The van der Waals surface area contributed by atoms with Gasteiger partial charge in [-0.3, -0.25) is 0 Å². The van der Waals surface area contributed by atoms with Gasteiger partial charge in [0.25, 0.3) is 0 Å². The number of carbonyl (C=O) groups excluding carboxylic acids is 1. The molecule has 0 aliphatic rings. The molecule has 3 heteroatoms. The summed E-state index contributed by atoms with van der Waals surface area (Å²) in [5, 5.41) is 0. The molecule has 0 aromatic carbocycles. The third-order valence-electron chi connectivity index (χ3n) is 1.34. The summed E-state index contributed by atoms with van der Waals surface area (Å²) >= 11 is 0. The van der Waals surface area contributed by atoms with Crippen molar-refractivity contribution >= 4 is 5.97 Å². The summed E-state index contributed by atoms with van der Waals surface area (Å²) in [7, 11) is 1.36. The average molecular weight is 160 g/mol. The van der Waals surface area contributed by atoms with Gasteiger partial charge in [-0.15, -0.1) is 0 Å². The van der Waals surface area contributed by atoms with Gasteiger partial charge >= 0.3 is 5.97 Å². The zero-order chi connectivity index (χ0) is 8.91. The topological polar surface area (TPSA) is 35.5 Å². The Hall–Kier alpha value is -0.570. The lowest BCUT2D eigenvalue weighted by Gasteiger charge is -2.21. The zero-order valence-corrected chi connectivity index (χ0v) is 7.64. The lowest BCUT2D eigenvalue weighted by atomic mass is 10.1. The number of methoxy groups -OCH3 is 1. The minimum atomic E-state index is -0.801. The molecule has 0 aromatic heterocycles. The second-order valence-electron chi connectivity index (χ2n) is 2.85. The van der Waals surface area contributed by atoms with Crippen molar-refractivity contribution in [1.82, 2.24) is 0 Å². The van der Waals surface area contributed by atoms with E-state index in [4.69, 9.17) is 4.74 Å². The van der Waals surface area contributed by atoms with Gasteiger partial charge in [-0.1, -0.05) is 6.92 Å². The van der Waals surface area contributed by atoms with Gasteiger partial charge in [-0.05, 0) is 20.3 Å². The molecular formula is C8H16O3. The number of hydrogen-bond donors (Lipinski definition) is 0. The van der Waals surface area contributed by atoms with Gasteiger partial charge in [-0.25, -0.2) is 4.79 Å². The molecule has 0 amide bonds. The molecule has 0 N–H and O–H groups in total. The van der Waals surface area contributed by atoms with Crippen LogP contribution in [0.1, 0.15) is 27.2 Å². The quantitative estimate of drug-likeness (QED) is 0.582. The van der Waals surface area contributed by atoms with Crippen LogP contribution in [0.4, 0.5) is 0 Å². The molecule has 0 rings (SSSR count). The molecule has 0 saturated heterocycles. The van der Waals surface area contributed by atoms with Crippen molar-refractivity contribution < 1.29 is 14.3 Å². The van der Waals surface area contributed by atoms with Crippen LogP contribution in [0, 0.1) is 0 Å². The first-order valence-electron chi connectivity index (χ1n) is 3.77. The highest BCUT2D eigenvalue weighted by Crippen LogP contribution is 2.10. The molecule has 0 fully saturated rings. The van der Waals surface area contributed by atoms with Crippen LogP contribution in [0.5, 0.6) is 0 Å². The predicted octanol–water partition coefficient (Wildman–Crippen LogP) is 1.36. The second kappa shape index (κ2) is 4.34. The van der Waals surface area contributed by atoms with E-state index in [9.17, 15) is 4.79 Å². The van der Waals surface area contributed by atoms with E-state index in [0.29, 0.717) is 6.61 Å². The smallest absolute Gasteiger partial charge is 0.337 e. The largest absolute Gasteiger partial charge is 0.467 e. The Morgan fingerprint density at radius 2 is 2.00 bits per heavy atom. The fourth-order valence-corrected chi connectivity index (χ4v) is 0.662. The Bertz CT molecular complexity index is 129. The highest BCUT2D eigenvalue weighted by Gasteiger charge is 2.28. The molecule has 66 valence electrons. The maximum absolute atomic E-state index is 11.0. The third-order valence-corrected chi connectivity index (χ3v) is 1.34. The summed E-state index contributed by atoms with van der Waals surface area (Å²) < 4.78 is 9.80. The predicted molar refractivity (Wildman–Crippen MR) is 42.3 cm³/mol. The Morgan fingerprint density at radius 1 is 1.45 bits per heavy atom. The van der Waals surface area contributed by atoms with Crippen molar-refractivity contribution in [2.45, 2.75) is 32.8 Å². The molecule has 3 nitrogen and oxygen atoms in total. The van der Waals surface area contributed by atoms with Gasteiger partial charge in [0.05, 0.1) is 7.11 Å². The van der Waals surface area contributed by atoms with Crippen molar-refractivity contribution in [1.29, 1.82) is 0 Å². The van der Waals surface area contributed by atoms with Gasteiger partial charge in [-0.2, -0.15) is 0 Å². The molecule has 0 spiro atoms. The Morgan fingerprint density at radius 3 is 2.36 bits per heavy atom. The van der Waals surface area contributed by atoms with Gasteiger partial charge in [0.15, 0.2) is 5.60 Å². The summed E-state index contributed by atoms with van der Waals surface area (Å²) in [5.41, 5.74) is -0.801. The van der Waals surface area contributed by atoms with Crippen molar-refractivity contribution in [3.05, 3.63) is 0 Å². The normalized spacial score (nSPS) is 11.3. The molecule has 0 saturated carbocycles. The van der Waals surface area contributed by atoms with Crippen LogP contribution in [-0.4, -0.2) is 25.3 Å². The van der Waals surface area contributed by atoms with Crippen molar-refractivity contribution in [2.24, 2.45) is 0 Å². The van der Waals surface area contributed by atoms with E-state index < -0.39 is 5.60 Å². The molecule has 0 aliphatic heterocycles. The Balaban J connectivity index is 3.88. The molecule has 0 heterocycles. The summed E-state index contributed by atoms with van der Waals surface area (Å²) in [6, 6.07) is 0. The highest BCUT2D eigenvalue weighted by atomic mass is 16.6. The van der Waals surface area contributed by atoms with E-state index in [0.717, 1.165) is 6.42 Å². The van der Waals surface area contributed by atoms with E-state index in [1.54, 1.807) is 13.8 Å². The third kappa shape index (κ3) is 3.37. The van der Waals surface area contributed by atoms with Gasteiger partial charge in [0.2, 0.25) is 0 Å². The maximum Gasteiger partial charge on any atom is 0.337 e. The Kier molecular flexibility index (Phi) is 4.11. The molecule has 0 atom stereocenters. The summed E-state index contributed by atoms with van der Waals surface area (Å²) in [4.78, 5) is 11.0. The standard InChI is InChI=1S/C8H16O3/c1-5-6-11-8(2,3)7(9)10-4/h5-6H2,1-4H3. The molecule has 0 radical (unpaired) electrons. The lowest BCUT2D eigenvalue weighted by Crippen LogP contribution is -2.36. The van der Waals surface area contributed by atoms with Crippen LogP contribution in [-0.2, 0) is 14.3 Å². The molecule has 0 unspecified atom stereocenters. The molecule has 0 bridgehead atoms. The van der Waals surface area contributed by atoms with E-state index in [2.05, 4.69) is 4.74 Å². The van der Waals surface area contributed by atoms with E-state index in [-0.39, 0.29) is 5.97 Å². The van der Waals surface area contributed by atoms with Gasteiger partial charge in [0, 0.05) is 6.61 Å². The van der Waals surface area contributed by atoms with Crippen LogP contribution in [0.2, 0.25) is 0 Å². The van der Waals surface area contributed by atoms with Crippen LogP contribution >= 0.6 is 0 Å². The van der Waals surface area contributed by atoms with Crippen molar-refractivity contribution in [3.63, 3.8) is 0 Å². The van der Waals surface area contributed by atoms with Crippen LogP contribution in [0.3, 0.4) is 0 Å². The first-order valence-corrected chi connectivity index (χ1v) is 3.77. The van der Waals surface area contributed by atoms with Crippen molar-refractivity contribution in [3.8, 4) is 0 Å². The van der Waals surface area contributed by atoms with E-state index in [1.165, 1.54) is 7.11 Å². The number of ether oxygens (including phenoxy) is 2.